The highest BCUT2D eigenvalue weighted by Crippen LogP contribution is 2.37. The summed E-state index contributed by atoms with van der Waals surface area (Å²) < 4.78 is 5.56. The fourth-order valence-electron chi connectivity index (χ4n) is 2.93. The summed E-state index contributed by atoms with van der Waals surface area (Å²) in [5.41, 5.74) is -0.282. The molecule has 1 N–H and O–H groups in total. The second-order valence-electron chi connectivity index (χ2n) is 5.93. The standard InChI is InChI=1S/C15H29N3O/c1-13(2)19-11-10-18(4)9-7-14-6-5-8-15(14,12-16)17-3/h13-14,17H,5-11H2,1-4H3. The smallest absolute Gasteiger partial charge is 0.109 e. The van der Waals surface area contributed by atoms with Crippen molar-refractivity contribution in [2.24, 2.45) is 5.92 Å². The Morgan fingerprint density at radius 1 is 1.47 bits per heavy atom. The van der Waals surface area contributed by atoms with Crippen LogP contribution in [0.4, 0.5) is 0 Å². The molecule has 19 heavy (non-hydrogen) atoms. The van der Waals surface area contributed by atoms with Crippen molar-refractivity contribution in [3.8, 4) is 6.07 Å². The predicted octanol–water partition coefficient (Wildman–Crippen LogP) is 2.02. The quantitative estimate of drug-likeness (QED) is 0.731. The van der Waals surface area contributed by atoms with Gasteiger partial charge < -0.3 is 15.0 Å². The maximum absolute atomic E-state index is 9.41. The first-order valence-electron chi connectivity index (χ1n) is 7.44. The highest BCUT2D eigenvalue weighted by Gasteiger charge is 2.41. The van der Waals surface area contributed by atoms with Crippen LogP contribution >= 0.6 is 0 Å². The highest BCUT2D eigenvalue weighted by atomic mass is 16.5. The van der Waals surface area contributed by atoms with E-state index in [0.717, 1.165) is 32.5 Å². The molecule has 0 spiro atoms. The lowest BCUT2D eigenvalue weighted by Gasteiger charge is -2.29. The number of likely N-dealkylation sites (N-methyl/N-ethyl adjacent to an activating group) is 1. The van der Waals surface area contributed by atoms with Crippen molar-refractivity contribution in [3.05, 3.63) is 0 Å². The minimum absolute atomic E-state index is 0.282. The molecule has 4 nitrogen and oxygen atoms in total. The Labute approximate surface area is 118 Å². The summed E-state index contributed by atoms with van der Waals surface area (Å²) in [4.78, 5) is 2.30. The molecule has 4 heteroatoms. The molecule has 110 valence electrons. The maximum atomic E-state index is 9.41. The van der Waals surface area contributed by atoms with Gasteiger partial charge in [-0.05, 0) is 59.7 Å². The molecule has 0 aromatic heterocycles. The summed E-state index contributed by atoms with van der Waals surface area (Å²) >= 11 is 0. The van der Waals surface area contributed by atoms with Crippen molar-refractivity contribution in [1.29, 1.82) is 5.26 Å². The van der Waals surface area contributed by atoms with E-state index < -0.39 is 0 Å². The Kier molecular flexibility index (Phi) is 6.78. The molecule has 2 unspecified atom stereocenters. The number of nitrogens with one attached hydrogen (secondary N) is 1. The van der Waals surface area contributed by atoms with Crippen molar-refractivity contribution in [3.63, 3.8) is 0 Å². The maximum Gasteiger partial charge on any atom is 0.109 e. The molecule has 0 bridgehead atoms. The molecule has 0 aromatic carbocycles. The minimum Gasteiger partial charge on any atom is -0.377 e. The summed E-state index contributed by atoms with van der Waals surface area (Å²) in [6.07, 6.45) is 4.72. The van der Waals surface area contributed by atoms with E-state index in [1.165, 1.54) is 12.8 Å². The Morgan fingerprint density at radius 2 is 2.21 bits per heavy atom. The molecule has 1 saturated carbocycles. The lowest BCUT2D eigenvalue weighted by atomic mass is 9.86. The van der Waals surface area contributed by atoms with E-state index in [9.17, 15) is 5.26 Å². The minimum atomic E-state index is -0.282. The first kappa shape index (κ1) is 16.4. The van der Waals surface area contributed by atoms with Crippen molar-refractivity contribution < 1.29 is 4.74 Å². The van der Waals surface area contributed by atoms with E-state index in [2.05, 4.69) is 37.2 Å². The van der Waals surface area contributed by atoms with Crippen LogP contribution in [-0.2, 0) is 4.74 Å². The van der Waals surface area contributed by atoms with Gasteiger partial charge in [-0.2, -0.15) is 5.26 Å². The van der Waals surface area contributed by atoms with Crippen LogP contribution in [-0.4, -0.2) is 50.3 Å². The number of hydrogen-bond acceptors (Lipinski definition) is 4. The van der Waals surface area contributed by atoms with Gasteiger partial charge in [-0.3, -0.25) is 0 Å². The van der Waals surface area contributed by atoms with Crippen LogP contribution in [0.15, 0.2) is 0 Å². The monoisotopic (exact) mass is 267 g/mol. The Bertz CT molecular complexity index is 300. The zero-order valence-corrected chi connectivity index (χ0v) is 12.9. The zero-order valence-electron chi connectivity index (χ0n) is 12.9. The van der Waals surface area contributed by atoms with Crippen molar-refractivity contribution in [2.45, 2.75) is 51.2 Å². The summed E-state index contributed by atoms with van der Waals surface area (Å²) in [6, 6.07) is 2.50. The average Bonchev–Trinajstić information content (AvgIpc) is 2.79. The Morgan fingerprint density at radius 3 is 2.79 bits per heavy atom. The molecule has 1 rings (SSSR count). The Balaban J connectivity index is 2.30. The summed E-state index contributed by atoms with van der Waals surface area (Å²) in [6.45, 7) is 6.91. The van der Waals surface area contributed by atoms with E-state index in [1.807, 2.05) is 7.05 Å². The third kappa shape index (κ3) is 4.76. The SMILES string of the molecule is CNC1(C#N)CCCC1CCN(C)CCOC(C)C. The van der Waals surface area contributed by atoms with Crippen LogP contribution in [0.5, 0.6) is 0 Å². The van der Waals surface area contributed by atoms with Gasteiger partial charge in [0, 0.05) is 6.54 Å². The van der Waals surface area contributed by atoms with E-state index in [0.29, 0.717) is 12.0 Å². The summed E-state index contributed by atoms with van der Waals surface area (Å²) in [5.74, 6) is 0.482. The summed E-state index contributed by atoms with van der Waals surface area (Å²) in [5, 5.41) is 12.7. The molecule has 1 fully saturated rings. The van der Waals surface area contributed by atoms with E-state index >= 15 is 0 Å². The molecule has 2 atom stereocenters. The third-order valence-corrected chi connectivity index (χ3v) is 4.25. The average molecular weight is 267 g/mol. The predicted molar refractivity (Wildman–Crippen MR) is 77.9 cm³/mol. The van der Waals surface area contributed by atoms with Gasteiger partial charge in [-0.25, -0.2) is 0 Å². The van der Waals surface area contributed by atoms with E-state index in [-0.39, 0.29) is 5.54 Å². The molecule has 1 aliphatic rings. The molecule has 1 aliphatic carbocycles. The van der Waals surface area contributed by atoms with Crippen molar-refractivity contribution in [2.75, 3.05) is 33.8 Å². The van der Waals surface area contributed by atoms with Gasteiger partial charge in [0.25, 0.3) is 0 Å². The van der Waals surface area contributed by atoms with E-state index in [4.69, 9.17) is 4.74 Å². The van der Waals surface area contributed by atoms with Crippen LogP contribution in [0.25, 0.3) is 0 Å². The zero-order chi connectivity index (χ0) is 14.3. The van der Waals surface area contributed by atoms with Crippen LogP contribution in [0.1, 0.15) is 39.5 Å². The number of hydrogen-bond donors (Lipinski definition) is 1. The first-order valence-corrected chi connectivity index (χ1v) is 7.44. The lowest BCUT2D eigenvalue weighted by molar-refractivity contribution is 0.0625. The molecular weight excluding hydrogens is 238 g/mol. The molecule has 0 aromatic rings. The van der Waals surface area contributed by atoms with Gasteiger partial charge in [0.05, 0.1) is 18.8 Å². The first-order chi connectivity index (χ1) is 9.04. The number of nitrogens with zero attached hydrogens (tertiary/aromatic N) is 2. The van der Waals surface area contributed by atoms with Gasteiger partial charge in [0.1, 0.15) is 5.54 Å². The second-order valence-corrected chi connectivity index (χ2v) is 5.93. The van der Waals surface area contributed by atoms with Crippen LogP contribution in [0.3, 0.4) is 0 Å². The molecule has 0 aliphatic heterocycles. The Hall–Kier alpha value is -0.630. The fourth-order valence-corrected chi connectivity index (χ4v) is 2.93. The molecule has 0 heterocycles. The number of ether oxygens (including phenoxy) is 1. The van der Waals surface area contributed by atoms with E-state index in [1.54, 1.807) is 0 Å². The normalized spacial score (nSPS) is 27.1. The van der Waals surface area contributed by atoms with Gasteiger partial charge in [0.15, 0.2) is 0 Å². The van der Waals surface area contributed by atoms with Crippen LogP contribution in [0.2, 0.25) is 0 Å². The van der Waals surface area contributed by atoms with Gasteiger partial charge >= 0.3 is 0 Å². The van der Waals surface area contributed by atoms with Gasteiger partial charge in [0.2, 0.25) is 0 Å². The lowest BCUT2D eigenvalue weighted by Crippen LogP contribution is -2.45. The van der Waals surface area contributed by atoms with Crippen LogP contribution < -0.4 is 5.32 Å². The second kappa shape index (κ2) is 7.84. The van der Waals surface area contributed by atoms with Gasteiger partial charge in [-0.1, -0.05) is 6.42 Å². The van der Waals surface area contributed by atoms with Crippen molar-refractivity contribution in [1.82, 2.24) is 10.2 Å². The summed E-state index contributed by atoms with van der Waals surface area (Å²) in [7, 11) is 4.05. The number of rotatable bonds is 8. The molecule has 0 saturated heterocycles. The third-order valence-electron chi connectivity index (χ3n) is 4.25. The van der Waals surface area contributed by atoms with Crippen molar-refractivity contribution >= 4 is 0 Å². The highest BCUT2D eigenvalue weighted by molar-refractivity contribution is 5.13. The topological polar surface area (TPSA) is 48.3 Å². The van der Waals surface area contributed by atoms with Gasteiger partial charge in [-0.15, -0.1) is 0 Å². The number of nitriles is 1. The fraction of sp³-hybridized carbons (Fsp3) is 0.933. The molecule has 0 radical (unpaired) electrons. The molecule has 0 amide bonds. The molecular formula is C15H29N3O. The largest absolute Gasteiger partial charge is 0.377 e. The van der Waals surface area contributed by atoms with Crippen LogP contribution in [0, 0.1) is 17.2 Å².